The van der Waals surface area contributed by atoms with Gasteiger partial charge in [0.05, 0.1) is 7.11 Å². The Hall–Kier alpha value is -4.29. The molecule has 0 bridgehead atoms. The van der Waals surface area contributed by atoms with E-state index in [-0.39, 0.29) is 5.91 Å². The third-order valence-corrected chi connectivity index (χ3v) is 7.01. The summed E-state index contributed by atoms with van der Waals surface area (Å²) in [5.74, 6) is 0.113. The van der Waals surface area contributed by atoms with Gasteiger partial charge in [0.25, 0.3) is 0 Å². The van der Waals surface area contributed by atoms with E-state index in [0.29, 0.717) is 25.2 Å². The van der Waals surface area contributed by atoms with Crippen molar-refractivity contribution in [3.05, 3.63) is 98.9 Å². The van der Waals surface area contributed by atoms with Gasteiger partial charge in [-0.3, -0.25) is 10.1 Å². The molecule has 0 unspecified atom stereocenters. The van der Waals surface area contributed by atoms with Crippen molar-refractivity contribution in [2.45, 2.75) is 45.1 Å². The van der Waals surface area contributed by atoms with Gasteiger partial charge in [0.1, 0.15) is 0 Å². The molecule has 4 rings (SSSR count). The van der Waals surface area contributed by atoms with Crippen LogP contribution in [0, 0.1) is 0 Å². The lowest BCUT2D eigenvalue weighted by atomic mass is 9.91. The first-order chi connectivity index (χ1) is 18.5. The number of hydrogen-bond donors (Lipinski definition) is 1. The zero-order chi connectivity index (χ0) is 26.9. The molecule has 196 valence electrons. The molecular weight excluding hydrogens is 478 g/mol. The summed E-state index contributed by atoms with van der Waals surface area (Å²) in [4.78, 5) is 29.0. The van der Waals surface area contributed by atoms with Gasteiger partial charge in [-0.15, -0.1) is 0 Å². The van der Waals surface area contributed by atoms with Gasteiger partial charge >= 0.3 is 6.09 Å². The molecule has 0 radical (unpaired) electrons. The lowest BCUT2D eigenvalue weighted by Crippen LogP contribution is -2.26. The minimum atomic E-state index is -0.498. The standard InChI is InChI=1S/C30H33N5O3/c1-35(29(36)10-4-3-7-17-32-34-31)20-23-13-16-26-25-9-6-5-8-22(25)19-28(26)27(23)18-21-11-14-24(15-12-21)33-30(37)38-2/h5-6,8-9,11-16H,3-4,7,10,17-20H2,1-2H3,(H,33,37). The van der Waals surface area contributed by atoms with Gasteiger partial charge < -0.3 is 9.64 Å². The van der Waals surface area contributed by atoms with Crippen LogP contribution in [0.4, 0.5) is 10.5 Å². The van der Waals surface area contributed by atoms with Crippen molar-refractivity contribution in [1.82, 2.24) is 4.90 Å². The number of amides is 2. The van der Waals surface area contributed by atoms with E-state index in [1.165, 1.54) is 34.9 Å². The molecule has 2 amide bonds. The zero-order valence-corrected chi connectivity index (χ0v) is 21.9. The number of ether oxygens (including phenoxy) is 1. The molecule has 38 heavy (non-hydrogen) atoms. The van der Waals surface area contributed by atoms with Crippen molar-refractivity contribution in [3.8, 4) is 11.1 Å². The third kappa shape index (κ3) is 6.52. The number of methoxy groups -OCH3 is 1. The van der Waals surface area contributed by atoms with Crippen molar-refractivity contribution < 1.29 is 14.3 Å². The van der Waals surface area contributed by atoms with Gasteiger partial charge in [0, 0.05) is 37.2 Å². The van der Waals surface area contributed by atoms with E-state index in [1.54, 1.807) is 0 Å². The first kappa shape index (κ1) is 26.8. The molecule has 1 aliphatic carbocycles. The van der Waals surface area contributed by atoms with Gasteiger partial charge in [0.15, 0.2) is 0 Å². The van der Waals surface area contributed by atoms with Gasteiger partial charge in [0.2, 0.25) is 5.91 Å². The highest BCUT2D eigenvalue weighted by Crippen LogP contribution is 2.40. The Labute approximate surface area is 223 Å². The maximum Gasteiger partial charge on any atom is 0.411 e. The second-order valence-electron chi connectivity index (χ2n) is 9.57. The van der Waals surface area contributed by atoms with Crippen LogP contribution in [0.15, 0.2) is 65.8 Å². The molecule has 0 aliphatic heterocycles. The SMILES string of the molecule is COC(=O)Nc1ccc(Cc2c(CN(C)C(=O)CCCCCN=[N+]=[N-])ccc3c2Cc2ccccc2-3)cc1. The maximum atomic E-state index is 12.9. The van der Waals surface area contributed by atoms with Crippen LogP contribution in [-0.2, 0) is 28.9 Å². The Kier molecular flexibility index (Phi) is 9.01. The molecule has 8 heteroatoms. The molecule has 0 fully saturated rings. The number of hydrogen-bond acceptors (Lipinski definition) is 4. The third-order valence-electron chi connectivity index (χ3n) is 7.01. The lowest BCUT2D eigenvalue weighted by molar-refractivity contribution is -0.130. The largest absolute Gasteiger partial charge is 0.453 e. The second kappa shape index (κ2) is 12.8. The number of unbranched alkanes of at least 4 members (excludes halogenated alkanes) is 2. The predicted octanol–water partition coefficient (Wildman–Crippen LogP) is 6.86. The van der Waals surface area contributed by atoms with Crippen LogP contribution in [0.1, 0.15) is 53.5 Å². The Morgan fingerprint density at radius 3 is 2.58 bits per heavy atom. The van der Waals surface area contributed by atoms with E-state index >= 15 is 0 Å². The molecule has 0 atom stereocenters. The molecule has 3 aromatic carbocycles. The van der Waals surface area contributed by atoms with E-state index < -0.39 is 6.09 Å². The summed E-state index contributed by atoms with van der Waals surface area (Å²) in [5.41, 5.74) is 17.8. The van der Waals surface area contributed by atoms with Crippen molar-refractivity contribution in [2.75, 3.05) is 26.0 Å². The Balaban J connectivity index is 1.53. The highest BCUT2D eigenvalue weighted by molar-refractivity contribution is 5.84. The molecular formula is C30H33N5O3. The highest BCUT2D eigenvalue weighted by Gasteiger charge is 2.24. The Bertz CT molecular complexity index is 1350. The van der Waals surface area contributed by atoms with E-state index in [4.69, 9.17) is 5.53 Å². The van der Waals surface area contributed by atoms with Crippen molar-refractivity contribution >= 4 is 17.7 Å². The van der Waals surface area contributed by atoms with Gasteiger partial charge in [-0.05, 0) is 82.3 Å². The second-order valence-corrected chi connectivity index (χ2v) is 9.57. The van der Waals surface area contributed by atoms with Crippen LogP contribution in [0.3, 0.4) is 0 Å². The monoisotopic (exact) mass is 511 g/mol. The number of fused-ring (bicyclic) bond motifs is 3. The molecule has 0 spiro atoms. The highest BCUT2D eigenvalue weighted by atomic mass is 16.5. The minimum absolute atomic E-state index is 0.113. The lowest BCUT2D eigenvalue weighted by Gasteiger charge is -2.22. The summed E-state index contributed by atoms with van der Waals surface area (Å²) < 4.78 is 4.68. The number of nitrogens with zero attached hydrogens (tertiary/aromatic N) is 4. The Morgan fingerprint density at radius 2 is 1.82 bits per heavy atom. The molecule has 0 saturated carbocycles. The van der Waals surface area contributed by atoms with Crippen molar-refractivity contribution in [2.24, 2.45) is 5.11 Å². The summed E-state index contributed by atoms with van der Waals surface area (Å²) in [5, 5.41) is 6.24. The number of rotatable bonds is 11. The summed E-state index contributed by atoms with van der Waals surface area (Å²) in [7, 11) is 3.20. The predicted molar refractivity (Wildman–Crippen MR) is 149 cm³/mol. The van der Waals surface area contributed by atoms with E-state index in [9.17, 15) is 9.59 Å². The van der Waals surface area contributed by atoms with Crippen LogP contribution in [0.25, 0.3) is 21.6 Å². The van der Waals surface area contributed by atoms with Crippen LogP contribution in [-0.4, -0.2) is 37.6 Å². The number of carbonyl (C=O) groups is 2. The summed E-state index contributed by atoms with van der Waals surface area (Å²) in [6.45, 7) is 1.01. The van der Waals surface area contributed by atoms with Crippen molar-refractivity contribution in [1.29, 1.82) is 0 Å². The molecule has 0 aromatic heterocycles. The molecule has 1 N–H and O–H groups in total. The van der Waals surface area contributed by atoms with Crippen LogP contribution >= 0.6 is 0 Å². The van der Waals surface area contributed by atoms with E-state index in [1.807, 2.05) is 36.2 Å². The molecule has 8 nitrogen and oxygen atoms in total. The maximum absolute atomic E-state index is 12.9. The Morgan fingerprint density at radius 1 is 1.03 bits per heavy atom. The van der Waals surface area contributed by atoms with Crippen molar-refractivity contribution in [3.63, 3.8) is 0 Å². The van der Waals surface area contributed by atoms with Gasteiger partial charge in [-0.2, -0.15) is 0 Å². The summed E-state index contributed by atoms with van der Waals surface area (Å²) in [6, 6.07) is 20.7. The fourth-order valence-electron chi connectivity index (χ4n) is 4.99. The summed E-state index contributed by atoms with van der Waals surface area (Å²) >= 11 is 0. The molecule has 3 aromatic rings. The first-order valence-electron chi connectivity index (χ1n) is 12.9. The fourth-order valence-corrected chi connectivity index (χ4v) is 4.99. The van der Waals surface area contributed by atoms with Gasteiger partial charge in [-0.1, -0.05) is 60.1 Å². The van der Waals surface area contributed by atoms with Gasteiger partial charge in [-0.25, -0.2) is 4.79 Å². The quantitative estimate of drug-likeness (QED) is 0.103. The fraction of sp³-hybridized carbons (Fsp3) is 0.333. The number of azide groups is 1. The average Bonchev–Trinajstić information content (AvgIpc) is 3.31. The molecule has 0 heterocycles. The number of nitrogens with one attached hydrogen (secondary N) is 1. The number of anilines is 1. The van der Waals surface area contributed by atoms with E-state index in [2.05, 4.69) is 56.5 Å². The van der Waals surface area contributed by atoms with E-state index in [0.717, 1.165) is 43.2 Å². The summed E-state index contributed by atoms with van der Waals surface area (Å²) in [6.07, 6.45) is 4.02. The molecule has 1 aliphatic rings. The minimum Gasteiger partial charge on any atom is -0.453 e. The van der Waals surface area contributed by atoms with Crippen LogP contribution in [0.2, 0.25) is 0 Å². The number of benzene rings is 3. The van der Waals surface area contributed by atoms with Crippen LogP contribution < -0.4 is 5.32 Å². The van der Waals surface area contributed by atoms with Crippen LogP contribution in [0.5, 0.6) is 0 Å². The topological polar surface area (TPSA) is 107 Å². The smallest absolute Gasteiger partial charge is 0.411 e. The number of carbonyl (C=O) groups excluding carboxylic acids is 2. The normalized spacial score (nSPS) is 11.2. The zero-order valence-electron chi connectivity index (χ0n) is 21.9. The average molecular weight is 512 g/mol. The molecule has 0 saturated heterocycles. The first-order valence-corrected chi connectivity index (χ1v) is 12.9.